The third kappa shape index (κ3) is 3.20. The first-order chi connectivity index (χ1) is 9.67. The Kier molecular flexibility index (Phi) is 4.87. The Labute approximate surface area is 136 Å². The van der Waals surface area contributed by atoms with E-state index in [9.17, 15) is 0 Å². The van der Waals surface area contributed by atoms with Crippen LogP contribution in [0, 0.1) is 13.8 Å². The Bertz CT molecular complexity index is 764. The monoisotopic (exact) mass is 317 g/mol. The minimum absolute atomic E-state index is 0. The van der Waals surface area contributed by atoms with Crippen molar-refractivity contribution in [2.75, 3.05) is 0 Å². The average molecular weight is 318 g/mol. The fourth-order valence-electron chi connectivity index (χ4n) is 2.45. The van der Waals surface area contributed by atoms with E-state index in [0.29, 0.717) is 5.88 Å². The lowest BCUT2D eigenvalue weighted by atomic mass is 10.0. The second-order valence-electron chi connectivity index (χ2n) is 5.18. The van der Waals surface area contributed by atoms with Crippen molar-refractivity contribution in [1.29, 1.82) is 0 Å². The maximum atomic E-state index is 5.83. The highest BCUT2D eigenvalue weighted by Gasteiger charge is 2.06. The molecule has 0 aliphatic carbocycles. The molecule has 1 heterocycles. The summed E-state index contributed by atoms with van der Waals surface area (Å²) in [7, 11) is 0. The minimum Gasteiger partial charge on any atom is -0.248 e. The fourth-order valence-corrected chi connectivity index (χ4v) is 2.62. The van der Waals surface area contributed by atoms with Crippen LogP contribution in [0.5, 0.6) is 0 Å². The van der Waals surface area contributed by atoms with Gasteiger partial charge in [0.05, 0.1) is 11.2 Å². The van der Waals surface area contributed by atoms with Crippen LogP contribution in [-0.2, 0) is 5.88 Å². The maximum absolute atomic E-state index is 5.83. The van der Waals surface area contributed by atoms with Gasteiger partial charge in [-0.25, -0.2) is 4.98 Å². The van der Waals surface area contributed by atoms with Crippen LogP contribution < -0.4 is 0 Å². The van der Waals surface area contributed by atoms with E-state index in [2.05, 4.69) is 62.4 Å². The van der Waals surface area contributed by atoms with Crippen LogP contribution in [0.1, 0.15) is 16.7 Å². The molecule has 0 N–H and O–H groups in total. The van der Waals surface area contributed by atoms with Gasteiger partial charge in [0.2, 0.25) is 0 Å². The van der Waals surface area contributed by atoms with Gasteiger partial charge in [0.25, 0.3) is 0 Å². The number of fused-ring (bicyclic) bond motifs is 1. The van der Waals surface area contributed by atoms with E-state index >= 15 is 0 Å². The number of pyridine rings is 1. The van der Waals surface area contributed by atoms with Crippen LogP contribution in [0.3, 0.4) is 0 Å². The van der Waals surface area contributed by atoms with E-state index in [-0.39, 0.29) is 12.4 Å². The molecule has 21 heavy (non-hydrogen) atoms. The first-order valence-electron chi connectivity index (χ1n) is 6.70. The van der Waals surface area contributed by atoms with Crippen molar-refractivity contribution in [2.24, 2.45) is 0 Å². The van der Waals surface area contributed by atoms with Crippen molar-refractivity contribution < 1.29 is 0 Å². The molecule has 3 aromatic rings. The van der Waals surface area contributed by atoms with E-state index in [1.807, 2.05) is 0 Å². The van der Waals surface area contributed by atoms with Crippen LogP contribution in [0.4, 0.5) is 0 Å². The van der Waals surface area contributed by atoms with Gasteiger partial charge in [-0.1, -0.05) is 35.9 Å². The molecule has 2 aromatic carbocycles. The molecule has 0 aliphatic heterocycles. The van der Waals surface area contributed by atoms with Crippen LogP contribution in [-0.4, -0.2) is 4.98 Å². The van der Waals surface area contributed by atoms with Crippen LogP contribution >= 0.6 is 24.0 Å². The Balaban J connectivity index is 0.00000161. The van der Waals surface area contributed by atoms with Crippen molar-refractivity contribution in [2.45, 2.75) is 19.7 Å². The van der Waals surface area contributed by atoms with Crippen molar-refractivity contribution in [3.63, 3.8) is 0 Å². The number of rotatable bonds is 2. The molecule has 0 unspecified atom stereocenters. The summed E-state index contributed by atoms with van der Waals surface area (Å²) in [4.78, 5) is 4.81. The van der Waals surface area contributed by atoms with Crippen molar-refractivity contribution in [1.82, 2.24) is 4.98 Å². The lowest BCUT2D eigenvalue weighted by Crippen LogP contribution is -1.91. The van der Waals surface area contributed by atoms with Gasteiger partial charge in [0, 0.05) is 16.8 Å². The lowest BCUT2D eigenvalue weighted by Gasteiger charge is -2.08. The molecule has 0 aliphatic rings. The number of benzene rings is 2. The molecule has 0 amide bonds. The number of aryl methyl sites for hydroxylation is 2. The van der Waals surface area contributed by atoms with Crippen LogP contribution in [0.15, 0.2) is 48.5 Å². The number of halogens is 2. The highest BCUT2D eigenvalue weighted by Crippen LogP contribution is 2.26. The predicted molar refractivity (Wildman–Crippen MR) is 93.5 cm³/mol. The second kappa shape index (κ2) is 6.46. The number of aromatic nitrogens is 1. The number of alkyl halides is 1. The zero-order chi connectivity index (χ0) is 14.1. The van der Waals surface area contributed by atoms with E-state index in [0.717, 1.165) is 22.3 Å². The number of hydrogen-bond acceptors (Lipinski definition) is 1. The molecule has 0 saturated heterocycles. The van der Waals surface area contributed by atoms with Crippen molar-refractivity contribution in [3.05, 3.63) is 65.2 Å². The van der Waals surface area contributed by atoms with Crippen molar-refractivity contribution >= 4 is 34.9 Å². The summed E-state index contributed by atoms with van der Waals surface area (Å²) in [6.45, 7) is 4.22. The number of hydrogen-bond donors (Lipinski definition) is 0. The molecular weight excluding hydrogens is 301 g/mol. The van der Waals surface area contributed by atoms with E-state index < -0.39 is 0 Å². The van der Waals surface area contributed by atoms with Gasteiger partial charge < -0.3 is 0 Å². The topological polar surface area (TPSA) is 12.9 Å². The third-order valence-corrected chi connectivity index (χ3v) is 3.85. The zero-order valence-corrected chi connectivity index (χ0v) is 13.6. The Morgan fingerprint density at radius 1 is 0.952 bits per heavy atom. The summed E-state index contributed by atoms with van der Waals surface area (Å²) in [6, 6.07) is 16.9. The average Bonchev–Trinajstić information content (AvgIpc) is 2.46. The van der Waals surface area contributed by atoms with Gasteiger partial charge in [0.1, 0.15) is 0 Å². The normalized spacial score (nSPS) is 10.4. The Morgan fingerprint density at radius 2 is 1.67 bits per heavy atom. The molecule has 3 heteroatoms. The molecule has 0 fully saturated rings. The fraction of sp³-hybridized carbons (Fsp3) is 0.167. The molecule has 0 bridgehead atoms. The maximum Gasteiger partial charge on any atom is 0.0738 e. The summed E-state index contributed by atoms with van der Waals surface area (Å²) >= 11 is 5.83. The molecule has 108 valence electrons. The standard InChI is InChI=1S/C18H16ClN.ClH/c1-12-3-8-17-16(9-12)10-13(2)18(20-17)15-6-4-14(11-19)5-7-15;/h3-10H,11H2,1-2H3;1H. The molecule has 3 rings (SSSR count). The Hall–Kier alpha value is -1.57. The second-order valence-corrected chi connectivity index (χ2v) is 5.45. The molecule has 0 spiro atoms. The summed E-state index contributed by atoms with van der Waals surface area (Å²) < 4.78 is 0. The molecule has 0 saturated carbocycles. The molecular formula is C18H17Cl2N. The van der Waals surface area contributed by atoms with Gasteiger partial charge in [-0.15, -0.1) is 24.0 Å². The van der Waals surface area contributed by atoms with Gasteiger partial charge in [-0.05, 0) is 43.2 Å². The van der Waals surface area contributed by atoms with E-state index in [1.165, 1.54) is 16.5 Å². The molecule has 1 aromatic heterocycles. The minimum atomic E-state index is 0. The smallest absolute Gasteiger partial charge is 0.0738 e. The first kappa shape index (κ1) is 15.8. The van der Waals surface area contributed by atoms with Gasteiger partial charge in [-0.2, -0.15) is 0 Å². The summed E-state index contributed by atoms with van der Waals surface area (Å²) in [5.41, 5.74) is 6.81. The van der Waals surface area contributed by atoms with Gasteiger partial charge in [-0.3, -0.25) is 0 Å². The van der Waals surface area contributed by atoms with Gasteiger partial charge >= 0.3 is 0 Å². The highest BCUT2D eigenvalue weighted by atomic mass is 35.5. The SMILES string of the molecule is Cc1ccc2nc(-c3ccc(CCl)cc3)c(C)cc2c1.Cl. The summed E-state index contributed by atoms with van der Waals surface area (Å²) in [5, 5.41) is 1.20. The van der Waals surface area contributed by atoms with Gasteiger partial charge in [0.15, 0.2) is 0 Å². The highest BCUT2D eigenvalue weighted by molar-refractivity contribution is 6.17. The zero-order valence-electron chi connectivity index (χ0n) is 12.1. The molecule has 0 radical (unpaired) electrons. The molecule has 0 atom stereocenters. The van der Waals surface area contributed by atoms with E-state index in [4.69, 9.17) is 16.6 Å². The summed E-state index contributed by atoms with van der Waals surface area (Å²) in [6.07, 6.45) is 0. The third-order valence-electron chi connectivity index (χ3n) is 3.54. The van der Waals surface area contributed by atoms with Crippen LogP contribution in [0.25, 0.3) is 22.2 Å². The van der Waals surface area contributed by atoms with E-state index in [1.54, 1.807) is 0 Å². The van der Waals surface area contributed by atoms with Crippen LogP contribution in [0.2, 0.25) is 0 Å². The Morgan fingerprint density at radius 3 is 2.33 bits per heavy atom. The lowest BCUT2D eigenvalue weighted by molar-refractivity contribution is 1.31. The quantitative estimate of drug-likeness (QED) is 0.554. The summed E-state index contributed by atoms with van der Waals surface area (Å²) in [5.74, 6) is 0.545. The predicted octanol–water partition coefficient (Wildman–Crippen LogP) is 5.68. The van der Waals surface area contributed by atoms with Crippen molar-refractivity contribution in [3.8, 4) is 11.3 Å². The molecule has 1 nitrogen and oxygen atoms in total. The number of nitrogens with zero attached hydrogens (tertiary/aromatic N) is 1. The largest absolute Gasteiger partial charge is 0.248 e. The first-order valence-corrected chi connectivity index (χ1v) is 7.24.